The van der Waals surface area contributed by atoms with Crippen molar-refractivity contribution in [1.82, 2.24) is 15.5 Å². The Morgan fingerprint density at radius 1 is 1.29 bits per heavy atom. The average molecular weight is 414 g/mol. The molecule has 2 amide bonds. The van der Waals surface area contributed by atoms with E-state index in [0.29, 0.717) is 5.82 Å². The molecule has 0 aliphatic heterocycles. The number of aromatic nitrogens is 2. The molecule has 11 heteroatoms. The minimum Gasteiger partial charge on any atom is -0.370 e. The van der Waals surface area contributed by atoms with Gasteiger partial charge >= 0.3 is 0 Å². The number of carbonyl (C=O) groups is 3. The second-order valence-electron chi connectivity index (χ2n) is 8.14. The van der Waals surface area contributed by atoms with Gasteiger partial charge in [-0.05, 0) is 18.8 Å². The molecule has 0 bridgehead atoms. The van der Waals surface area contributed by atoms with Crippen LogP contribution in [0.4, 0.5) is 0 Å². The molecule has 1 aromatic rings. The van der Waals surface area contributed by atoms with Gasteiger partial charge in [0.25, 0.3) is 5.89 Å². The van der Waals surface area contributed by atoms with E-state index < -0.39 is 45.3 Å². The molecule has 1 atom stereocenters. The zero-order valence-corrected chi connectivity index (χ0v) is 17.0. The number of primary amides is 1. The number of carbonyl (C=O) groups excluding carboxylic acids is 3. The summed E-state index contributed by atoms with van der Waals surface area (Å²) in [6.07, 6.45) is 1.00. The minimum absolute atomic E-state index is 0.0709. The van der Waals surface area contributed by atoms with Crippen molar-refractivity contribution in [2.75, 3.05) is 11.5 Å². The van der Waals surface area contributed by atoms with Gasteiger partial charge in [0.1, 0.15) is 6.04 Å². The Balaban J connectivity index is 2.01. The third kappa shape index (κ3) is 6.70. The maximum Gasteiger partial charge on any atom is 0.296 e. The highest BCUT2D eigenvalue weighted by Gasteiger charge is 2.32. The molecule has 1 aliphatic rings. The van der Waals surface area contributed by atoms with E-state index in [4.69, 9.17) is 10.3 Å². The van der Waals surface area contributed by atoms with Crippen molar-refractivity contribution >= 4 is 27.4 Å². The molecule has 156 valence electrons. The van der Waals surface area contributed by atoms with Crippen molar-refractivity contribution in [2.45, 2.75) is 57.9 Å². The van der Waals surface area contributed by atoms with Crippen molar-refractivity contribution in [2.24, 2.45) is 11.7 Å². The highest BCUT2D eigenvalue weighted by molar-refractivity contribution is 7.91. The first-order chi connectivity index (χ1) is 12.9. The molecule has 1 heterocycles. The van der Waals surface area contributed by atoms with Gasteiger partial charge in [0, 0.05) is 11.8 Å². The number of amides is 2. The second kappa shape index (κ2) is 8.38. The molecule has 1 fully saturated rings. The van der Waals surface area contributed by atoms with Gasteiger partial charge in [0.2, 0.25) is 17.6 Å². The maximum absolute atomic E-state index is 12.6. The summed E-state index contributed by atoms with van der Waals surface area (Å²) in [5.41, 5.74) is 4.70. The lowest BCUT2D eigenvalue weighted by Gasteiger charge is -2.14. The number of ketones is 1. The Morgan fingerprint density at radius 3 is 2.43 bits per heavy atom. The molecule has 1 aromatic heterocycles. The first-order valence-electron chi connectivity index (χ1n) is 9.04. The summed E-state index contributed by atoms with van der Waals surface area (Å²) >= 11 is 0. The standard InChI is InChI=1S/C17H26N4O6S/c1-17(2,3)16-20-15(27-21-16)14(24)11(8-12(18)22)19-13(23)6-7-28(25,26)9-10-4-5-10/h10-11H,4-9H2,1-3H3,(H2,18,22)(H,19,23)/t11-/m0/s1. The largest absolute Gasteiger partial charge is 0.370 e. The van der Waals surface area contributed by atoms with Crippen molar-refractivity contribution in [3.8, 4) is 0 Å². The monoisotopic (exact) mass is 414 g/mol. The van der Waals surface area contributed by atoms with Crippen LogP contribution in [-0.2, 0) is 24.8 Å². The van der Waals surface area contributed by atoms with Crippen LogP contribution >= 0.6 is 0 Å². The van der Waals surface area contributed by atoms with Gasteiger partial charge in [-0.1, -0.05) is 25.9 Å². The quantitative estimate of drug-likeness (QED) is 0.510. The zero-order valence-electron chi connectivity index (χ0n) is 16.2. The number of rotatable bonds is 10. The van der Waals surface area contributed by atoms with E-state index in [0.717, 1.165) is 12.8 Å². The Hall–Kier alpha value is -2.30. The lowest BCUT2D eigenvalue weighted by molar-refractivity contribution is -0.122. The normalized spacial score (nSPS) is 15.8. The molecular weight excluding hydrogens is 388 g/mol. The number of nitrogens with zero attached hydrogens (tertiary/aromatic N) is 2. The van der Waals surface area contributed by atoms with Gasteiger partial charge < -0.3 is 15.6 Å². The lowest BCUT2D eigenvalue weighted by Crippen LogP contribution is -2.44. The lowest BCUT2D eigenvalue weighted by atomic mass is 9.96. The summed E-state index contributed by atoms with van der Waals surface area (Å²) in [4.78, 5) is 40.0. The first-order valence-corrected chi connectivity index (χ1v) is 10.9. The molecule has 0 aromatic carbocycles. The van der Waals surface area contributed by atoms with Crippen molar-refractivity contribution in [3.63, 3.8) is 0 Å². The summed E-state index contributed by atoms with van der Waals surface area (Å²) in [7, 11) is -3.34. The highest BCUT2D eigenvalue weighted by atomic mass is 32.2. The van der Waals surface area contributed by atoms with Crippen LogP contribution in [0.3, 0.4) is 0 Å². The third-order valence-electron chi connectivity index (χ3n) is 4.19. The Bertz CT molecular complexity index is 851. The van der Waals surface area contributed by atoms with Crippen LogP contribution in [0.1, 0.15) is 63.0 Å². The van der Waals surface area contributed by atoms with Crippen molar-refractivity contribution < 1.29 is 27.3 Å². The molecule has 1 aliphatic carbocycles. The fraction of sp³-hybridized carbons (Fsp3) is 0.706. The van der Waals surface area contributed by atoms with Crippen LogP contribution in [0.5, 0.6) is 0 Å². The zero-order chi connectivity index (χ0) is 21.1. The van der Waals surface area contributed by atoms with Gasteiger partial charge in [0.05, 0.1) is 17.9 Å². The SMILES string of the molecule is CC(C)(C)c1noc(C(=O)[C@H](CC(N)=O)NC(=O)CCS(=O)(=O)CC2CC2)n1. The molecule has 3 N–H and O–H groups in total. The van der Waals surface area contributed by atoms with Crippen LogP contribution in [0, 0.1) is 5.92 Å². The van der Waals surface area contributed by atoms with E-state index in [1.54, 1.807) is 0 Å². The van der Waals surface area contributed by atoms with Gasteiger partial charge in [-0.3, -0.25) is 14.4 Å². The Morgan fingerprint density at radius 2 is 1.93 bits per heavy atom. The number of hydrogen-bond donors (Lipinski definition) is 2. The van der Waals surface area contributed by atoms with Crippen molar-refractivity contribution in [3.05, 3.63) is 11.7 Å². The molecule has 0 saturated heterocycles. The van der Waals surface area contributed by atoms with Gasteiger partial charge in [-0.2, -0.15) is 4.98 Å². The van der Waals surface area contributed by atoms with Crippen LogP contribution in [0.25, 0.3) is 0 Å². The molecule has 28 heavy (non-hydrogen) atoms. The van der Waals surface area contributed by atoms with Gasteiger partial charge in [-0.25, -0.2) is 8.42 Å². The van der Waals surface area contributed by atoms with Gasteiger partial charge in [-0.15, -0.1) is 0 Å². The molecule has 0 radical (unpaired) electrons. The summed E-state index contributed by atoms with van der Waals surface area (Å²) in [5, 5.41) is 6.09. The second-order valence-corrected chi connectivity index (χ2v) is 10.4. The summed E-state index contributed by atoms with van der Waals surface area (Å²) < 4.78 is 28.8. The number of hydrogen-bond acceptors (Lipinski definition) is 8. The first kappa shape index (κ1) is 22.0. The predicted molar refractivity (Wildman–Crippen MR) is 99.1 cm³/mol. The van der Waals surface area contributed by atoms with E-state index in [1.165, 1.54) is 0 Å². The van der Waals surface area contributed by atoms with Crippen molar-refractivity contribution in [1.29, 1.82) is 0 Å². The fourth-order valence-electron chi connectivity index (χ4n) is 2.43. The van der Waals surface area contributed by atoms with E-state index in [9.17, 15) is 22.8 Å². The smallest absolute Gasteiger partial charge is 0.296 e. The van der Waals surface area contributed by atoms with Gasteiger partial charge in [0.15, 0.2) is 15.7 Å². The number of nitrogens with two attached hydrogens (primary N) is 1. The number of sulfone groups is 1. The summed E-state index contributed by atoms with van der Waals surface area (Å²) in [6.45, 7) is 5.49. The van der Waals surface area contributed by atoms with E-state index in [2.05, 4.69) is 15.5 Å². The highest BCUT2D eigenvalue weighted by Crippen LogP contribution is 2.30. The molecule has 1 saturated carbocycles. The summed E-state index contributed by atoms with van der Waals surface area (Å²) in [5.74, 6) is -2.35. The van der Waals surface area contributed by atoms with Crippen LogP contribution in [-0.4, -0.2) is 53.7 Å². The number of nitrogens with one attached hydrogen (secondary N) is 1. The van der Waals surface area contributed by atoms with Crippen LogP contribution in [0.2, 0.25) is 0 Å². The Kier molecular flexibility index (Phi) is 6.58. The third-order valence-corrected chi connectivity index (χ3v) is 6.00. The topological polar surface area (TPSA) is 162 Å². The molecular formula is C17H26N4O6S. The number of Topliss-reactive ketones (excluding diaryl/α,β-unsaturated/α-hetero) is 1. The van der Waals surface area contributed by atoms with E-state index >= 15 is 0 Å². The summed E-state index contributed by atoms with van der Waals surface area (Å²) in [6, 6.07) is -1.30. The molecule has 2 rings (SSSR count). The molecule has 0 spiro atoms. The van der Waals surface area contributed by atoms with E-state index in [-0.39, 0.29) is 29.7 Å². The maximum atomic E-state index is 12.6. The predicted octanol–water partition coefficient (Wildman–Crippen LogP) is 0.125. The fourth-order valence-corrected chi connectivity index (χ4v) is 4.14. The van der Waals surface area contributed by atoms with E-state index in [1.807, 2.05) is 20.8 Å². The minimum atomic E-state index is -3.34. The van der Waals surface area contributed by atoms with Crippen LogP contribution in [0.15, 0.2) is 4.52 Å². The molecule has 10 nitrogen and oxygen atoms in total. The molecule has 0 unspecified atom stereocenters. The van der Waals surface area contributed by atoms with Crippen LogP contribution < -0.4 is 11.1 Å². The Labute approximate surface area is 163 Å². The average Bonchev–Trinajstić information content (AvgIpc) is 3.20.